The number of likely N-dealkylation sites (tertiary alicyclic amines) is 1. The van der Waals surface area contributed by atoms with Crippen molar-refractivity contribution in [2.75, 3.05) is 26.0 Å². The average Bonchev–Trinajstić information content (AvgIpc) is 3.60. The maximum absolute atomic E-state index is 13.5. The number of nitrogens with two attached hydrogens (primary N) is 1. The number of thiazole rings is 1. The number of carbonyl (C=O) groups excluding carboxylic acids is 2. The summed E-state index contributed by atoms with van der Waals surface area (Å²) >= 11 is 1.57. The number of hydrogen-bond donors (Lipinski definition) is 3. The SMILES string of the molecule is CN(C)[C@H]1CCc2nc(NC(=O)c3cccc([C@H]4CCCN4C(=O)c4cccc(/C(C=N)=C/N)c4)c3)sc2C1. The number of aromatic nitrogens is 1. The summed E-state index contributed by atoms with van der Waals surface area (Å²) in [6.07, 6.45) is 7.24. The Bertz CT molecular complexity index is 1430. The molecule has 0 bridgehead atoms. The zero-order valence-electron chi connectivity index (χ0n) is 22.3. The molecule has 2 aromatic carbocycles. The van der Waals surface area contributed by atoms with Crippen molar-refractivity contribution < 1.29 is 9.59 Å². The Kier molecular flexibility index (Phi) is 7.90. The minimum atomic E-state index is -0.191. The number of aryl methyl sites for hydroxylation is 1. The Morgan fingerprint density at radius 2 is 1.90 bits per heavy atom. The van der Waals surface area contributed by atoms with Crippen molar-refractivity contribution in [2.45, 2.75) is 44.2 Å². The van der Waals surface area contributed by atoms with E-state index in [9.17, 15) is 9.59 Å². The number of rotatable bonds is 7. The van der Waals surface area contributed by atoms with Crippen molar-refractivity contribution in [3.8, 4) is 0 Å². The molecule has 0 spiro atoms. The van der Waals surface area contributed by atoms with Gasteiger partial charge in [0.25, 0.3) is 11.8 Å². The van der Waals surface area contributed by atoms with E-state index in [0.29, 0.717) is 34.4 Å². The van der Waals surface area contributed by atoms with Gasteiger partial charge in [-0.05, 0) is 81.6 Å². The first-order valence-electron chi connectivity index (χ1n) is 13.3. The molecule has 0 unspecified atom stereocenters. The fourth-order valence-electron chi connectivity index (χ4n) is 5.49. The number of amides is 2. The van der Waals surface area contributed by atoms with Gasteiger partial charge in [-0.3, -0.25) is 14.9 Å². The molecule has 2 amide bonds. The van der Waals surface area contributed by atoms with Gasteiger partial charge in [-0.25, -0.2) is 4.98 Å². The summed E-state index contributed by atoms with van der Waals surface area (Å²) < 4.78 is 0. The number of carbonyl (C=O) groups is 2. The minimum absolute atomic E-state index is 0.0695. The van der Waals surface area contributed by atoms with E-state index in [2.05, 4.69) is 24.3 Å². The number of benzene rings is 2. The molecule has 202 valence electrons. The molecule has 1 aromatic heterocycles. The van der Waals surface area contributed by atoms with Crippen LogP contribution in [0.4, 0.5) is 5.13 Å². The molecule has 2 heterocycles. The summed E-state index contributed by atoms with van der Waals surface area (Å²) in [6, 6.07) is 15.2. The summed E-state index contributed by atoms with van der Waals surface area (Å²) in [5.74, 6) is -0.261. The van der Waals surface area contributed by atoms with Crippen molar-refractivity contribution >= 4 is 40.1 Å². The summed E-state index contributed by atoms with van der Waals surface area (Å²) in [7, 11) is 4.21. The zero-order valence-corrected chi connectivity index (χ0v) is 23.1. The van der Waals surface area contributed by atoms with Crippen LogP contribution in [0.3, 0.4) is 0 Å². The quantitative estimate of drug-likeness (QED) is 0.373. The van der Waals surface area contributed by atoms with Crippen LogP contribution in [0.1, 0.15) is 67.7 Å². The van der Waals surface area contributed by atoms with Gasteiger partial charge < -0.3 is 20.9 Å². The second-order valence-electron chi connectivity index (χ2n) is 10.3. The van der Waals surface area contributed by atoms with E-state index in [-0.39, 0.29) is 17.9 Å². The van der Waals surface area contributed by atoms with Crippen LogP contribution in [0.15, 0.2) is 54.7 Å². The molecule has 1 saturated heterocycles. The van der Waals surface area contributed by atoms with Crippen LogP contribution >= 0.6 is 11.3 Å². The van der Waals surface area contributed by atoms with Gasteiger partial charge in [0, 0.05) is 46.6 Å². The Balaban J connectivity index is 1.31. The van der Waals surface area contributed by atoms with Gasteiger partial charge in [0.05, 0.1) is 11.7 Å². The molecule has 9 heteroatoms. The van der Waals surface area contributed by atoms with Gasteiger partial charge in [-0.2, -0.15) is 0 Å². The lowest BCUT2D eigenvalue weighted by Gasteiger charge is -2.27. The van der Waals surface area contributed by atoms with Crippen LogP contribution in [0.25, 0.3) is 5.57 Å². The highest BCUT2D eigenvalue weighted by Crippen LogP contribution is 2.35. The summed E-state index contributed by atoms with van der Waals surface area (Å²) in [6.45, 7) is 0.646. The molecule has 8 nitrogen and oxygen atoms in total. The smallest absolute Gasteiger partial charge is 0.257 e. The number of likely N-dealkylation sites (N-methyl/N-ethyl adjacent to an activating group) is 1. The Labute approximate surface area is 233 Å². The van der Waals surface area contributed by atoms with Crippen molar-refractivity contribution in [1.29, 1.82) is 5.41 Å². The van der Waals surface area contributed by atoms with Crippen LogP contribution < -0.4 is 11.1 Å². The van der Waals surface area contributed by atoms with Crippen molar-refractivity contribution in [3.63, 3.8) is 0 Å². The fourth-order valence-corrected chi connectivity index (χ4v) is 6.56. The van der Waals surface area contributed by atoms with Crippen molar-refractivity contribution in [2.24, 2.45) is 5.73 Å². The summed E-state index contributed by atoms with van der Waals surface area (Å²) in [5.41, 5.74) is 10.1. The van der Waals surface area contributed by atoms with Crippen molar-refractivity contribution in [1.82, 2.24) is 14.8 Å². The van der Waals surface area contributed by atoms with E-state index in [1.807, 2.05) is 35.2 Å². The number of nitrogens with one attached hydrogen (secondary N) is 2. The van der Waals surface area contributed by atoms with Crippen LogP contribution in [-0.2, 0) is 12.8 Å². The number of fused-ring (bicyclic) bond motifs is 1. The van der Waals surface area contributed by atoms with Crippen LogP contribution in [0.5, 0.6) is 0 Å². The Morgan fingerprint density at radius 3 is 2.67 bits per heavy atom. The Morgan fingerprint density at radius 1 is 1.13 bits per heavy atom. The third kappa shape index (κ3) is 5.65. The van der Waals surface area contributed by atoms with Gasteiger partial charge in [-0.1, -0.05) is 24.3 Å². The van der Waals surface area contributed by atoms with E-state index in [4.69, 9.17) is 16.1 Å². The van der Waals surface area contributed by atoms with Gasteiger partial charge >= 0.3 is 0 Å². The molecular formula is C30H34N6O2S. The van der Waals surface area contributed by atoms with E-state index < -0.39 is 0 Å². The first-order chi connectivity index (χ1) is 18.9. The predicted molar refractivity (Wildman–Crippen MR) is 156 cm³/mol. The van der Waals surface area contributed by atoms with E-state index >= 15 is 0 Å². The summed E-state index contributed by atoms with van der Waals surface area (Å²) in [5, 5.41) is 11.2. The van der Waals surface area contributed by atoms with Crippen LogP contribution in [-0.4, -0.2) is 59.5 Å². The highest BCUT2D eigenvalue weighted by atomic mass is 32.1. The highest BCUT2D eigenvalue weighted by Gasteiger charge is 2.31. The van der Waals surface area contributed by atoms with Gasteiger partial charge in [0.2, 0.25) is 0 Å². The molecule has 0 radical (unpaired) electrons. The number of nitrogens with zero attached hydrogens (tertiary/aromatic N) is 3. The zero-order chi connectivity index (χ0) is 27.5. The third-order valence-corrected chi connectivity index (χ3v) is 8.72. The topological polar surface area (TPSA) is 115 Å². The molecule has 2 aliphatic rings. The number of allylic oxidation sites excluding steroid dienone is 1. The summed E-state index contributed by atoms with van der Waals surface area (Å²) in [4.78, 5) is 36.8. The molecule has 39 heavy (non-hydrogen) atoms. The van der Waals surface area contributed by atoms with Crippen LogP contribution in [0, 0.1) is 5.41 Å². The van der Waals surface area contributed by atoms with Gasteiger partial charge in [0.15, 0.2) is 5.13 Å². The van der Waals surface area contributed by atoms with E-state index in [0.717, 1.165) is 48.9 Å². The monoisotopic (exact) mass is 542 g/mol. The lowest BCUT2D eigenvalue weighted by molar-refractivity contribution is 0.0735. The molecular weight excluding hydrogens is 508 g/mol. The normalized spacial score (nSPS) is 19.2. The second-order valence-corrected chi connectivity index (χ2v) is 11.4. The molecule has 5 rings (SSSR count). The molecule has 3 aromatic rings. The van der Waals surface area contributed by atoms with Crippen LogP contribution in [0.2, 0.25) is 0 Å². The first kappa shape index (κ1) is 26.8. The maximum Gasteiger partial charge on any atom is 0.257 e. The molecule has 2 atom stereocenters. The average molecular weight is 543 g/mol. The number of anilines is 1. The standard InChI is InChI=1S/C30H34N6O2S/c1-35(2)24-11-12-25-27(16-24)39-30(33-25)34-28(37)21-8-4-7-20(15-21)26-10-5-13-36(26)29(38)22-9-3-6-19(14-22)23(17-31)18-32/h3-4,6-9,14-15,17-18,24,26,31H,5,10-13,16,32H2,1-2H3,(H,33,34,37)/b23-18+,31-17?/t24-,26+/m0/s1. The Hall–Kier alpha value is -3.82. The predicted octanol–water partition coefficient (Wildman–Crippen LogP) is 4.74. The first-order valence-corrected chi connectivity index (χ1v) is 14.1. The minimum Gasteiger partial charge on any atom is -0.404 e. The largest absolute Gasteiger partial charge is 0.404 e. The molecule has 1 aliphatic heterocycles. The molecule has 4 N–H and O–H groups in total. The molecule has 0 saturated carbocycles. The number of hydrogen-bond acceptors (Lipinski definition) is 7. The third-order valence-electron chi connectivity index (χ3n) is 7.69. The fraction of sp³-hybridized carbons (Fsp3) is 0.333. The maximum atomic E-state index is 13.5. The molecule has 1 aliphatic carbocycles. The van der Waals surface area contributed by atoms with Gasteiger partial charge in [-0.15, -0.1) is 11.3 Å². The molecule has 1 fully saturated rings. The van der Waals surface area contributed by atoms with Crippen molar-refractivity contribution in [3.05, 3.63) is 87.6 Å². The highest BCUT2D eigenvalue weighted by molar-refractivity contribution is 7.15. The second kappa shape index (κ2) is 11.5. The lowest BCUT2D eigenvalue weighted by atomic mass is 9.97. The van der Waals surface area contributed by atoms with Gasteiger partial charge in [0.1, 0.15) is 0 Å². The lowest BCUT2D eigenvalue weighted by Crippen LogP contribution is -2.32. The van der Waals surface area contributed by atoms with E-state index in [1.54, 1.807) is 29.5 Å². The van der Waals surface area contributed by atoms with E-state index in [1.165, 1.54) is 17.3 Å².